The number of phenols is 1. The number of para-hydroxylation sites is 1. The summed E-state index contributed by atoms with van der Waals surface area (Å²) < 4.78 is 14.6. The second kappa shape index (κ2) is 9.05. The average Bonchev–Trinajstić information content (AvgIpc) is 3.17. The largest absolute Gasteiger partial charge is 0.505 e. The van der Waals surface area contributed by atoms with Crippen LogP contribution in [-0.4, -0.2) is 34.3 Å². The Morgan fingerprint density at radius 1 is 1.03 bits per heavy atom. The number of hydrogen-bond donors (Lipinski definition) is 1. The summed E-state index contributed by atoms with van der Waals surface area (Å²) in [6.45, 7) is 1.42. The molecule has 9 heteroatoms. The zero-order valence-corrected chi connectivity index (χ0v) is 22.2. The summed E-state index contributed by atoms with van der Waals surface area (Å²) in [5, 5.41) is 10.7. The van der Waals surface area contributed by atoms with Crippen LogP contribution in [0.25, 0.3) is 0 Å². The molecule has 1 N–H and O–H groups in total. The van der Waals surface area contributed by atoms with Crippen LogP contribution in [0.1, 0.15) is 41.6 Å². The number of anilines is 1. The van der Waals surface area contributed by atoms with Crippen molar-refractivity contribution in [3.63, 3.8) is 0 Å². The minimum Gasteiger partial charge on any atom is -0.505 e. The van der Waals surface area contributed by atoms with E-state index in [0.29, 0.717) is 16.8 Å². The number of allylic oxidation sites excluding steroid dienone is 6. The highest BCUT2D eigenvalue weighted by atomic mass is 79.9. The van der Waals surface area contributed by atoms with Gasteiger partial charge in [0.15, 0.2) is 28.9 Å². The maximum atomic E-state index is 14.5. The molecule has 6 rings (SSSR count). The van der Waals surface area contributed by atoms with E-state index in [-0.39, 0.29) is 45.7 Å². The van der Waals surface area contributed by atoms with Gasteiger partial charge in [-0.1, -0.05) is 23.8 Å². The van der Waals surface area contributed by atoms with Crippen molar-refractivity contribution in [3.05, 3.63) is 92.8 Å². The number of ketones is 3. The highest BCUT2D eigenvalue weighted by molar-refractivity contribution is 9.12. The molecule has 1 aliphatic heterocycles. The van der Waals surface area contributed by atoms with Crippen LogP contribution < -0.4 is 4.90 Å². The van der Waals surface area contributed by atoms with E-state index in [1.54, 1.807) is 30.3 Å². The maximum Gasteiger partial charge on any atom is 0.238 e. The summed E-state index contributed by atoms with van der Waals surface area (Å²) >= 11 is 3.16. The molecule has 0 bridgehead atoms. The Labute approximate surface area is 230 Å². The standard InChI is InChI=1S/C30H21BrFNO6/c1-13(34)14-5-7-15(8-6-14)33-29(38)18-10-9-16-19(25(18)30(33)39)11-20-26(23(35)12-21(31)27(20)36)24(16)17-3-2-4-22(32)28(17)37/h2-9,12,18-19,24-25,37H,10-11H2,1H3. The molecule has 2 amide bonds. The zero-order chi connectivity index (χ0) is 27.7. The number of halogens is 2. The lowest BCUT2D eigenvalue weighted by Gasteiger charge is -2.42. The van der Waals surface area contributed by atoms with Crippen molar-refractivity contribution in [3.8, 4) is 5.75 Å². The van der Waals surface area contributed by atoms with E-state index in [2.05, 4.69) is 15.9 Å². The lowest BCUT2D eigenvalue weighted by atomic mass is 9.59. The predicted molar refractivity (Wildman–Crippen MR) is 142 cm³/mol. The molecule has 4 aliphatic rings. The molecule has 1 fully saturated rings. The van der Waals surface area contributed by atoms with Gasteiger partial charge in [-0.25, -0.2) is 4.39 Å². The fourth-order valence-corrected chi connectivity index (χ4v) is 6.87. The van der Waals surface area contributed by atoms with Gasteiger partial charge in [-0.15, -0.1) is 0 Å². The molecule has 1 saturated heterocycles. The summed E-state index contributed by atoms with van der Waals surface area (Å²) in [5.74, 6) is -6.39. The van der Waals surface area contributed by atoms with Crippen LogP contribution in [0.2, 0.25) is 0 Å². The minimum atomic E-state index is -0.949. The number of aromatic hydroxyl groups is 1. The van der Waals surface area contributed by atoms with Gasteiger partial charge in [-0.2, -0.15) is 0 Å². The first-order valence-corrected chi connectivity index (χ1v) is 13.2. The molecule has 3 aliphatic carbocycles. The number of carbonyl (C=O) groups excluding carboxylic acids is 5. The number of amides is 2. The molecule has 39 heavy (non-hydrogen) atoms. The van der Waals surface area contributed by atoms with Gasteiger partial charge in [0.25, 0.3) is 0 Å². The molecule has 0 saturated carbocycles. The molecule has 0 spiro atoms. The number of imide groups is 1. The first-order chi connectivity index (χ1) is 18.6. The van der Waals surface area contributed by atoms with E-state index in [9.17, 15) is 33.5 Å². The second-order valence-corrected chi connectivity index (χ2v) is 11.0. The molecule has 7 nitrogen and oxygen atoms in total. The van der Waals surface area contributed by atoms with Crippen molar-refractivity contribution < 1.29 is 33.5 Å². The average molecular weight is 590 g/mol. The first kappa shape index (κ1) is 25.3. The van der Waals surface area contributed by atoms with Crippen molar-refractivity contribution in [1.29, 1.82) is 0 Å². The molecular weight excluding hydrogens is 569 g/mol. The second-order valence-electron chi connectivity index (χ2n) is 10.2. The van der Waals surface area contributed by atoms with Crippen molar-refractivity contribution in [2.75, 3.05) is 4.90 Å². The molecule has 2 aromatic carbocycles. The third-order valence-corrected chi connectivity index (χ3v) is 8.78. The van der Waals surface area contributed by atoms with E-state index < -0.39 is 52.7 Å². The van der Waals surface area contributed by atoms with Crippen LogP contribution in [-0.2, 0) is 19.2 Å². The number of Topliss-reactive ketones (excluding diaryl/α,β-unsaturated/α-hetero) is 2. The van der Waals surface area contributed by atoms with Gasteiger partial charge in [0, 0.05) is 34.3 Å². The summed E-state index contributed by atoms with van der Waals surface area (Å²) in [7, 11) is 0. The maximum absolute atomic E-state index is 14.5. The monoisotopic (exact) mass is 589 g/mol. The van der Waals surface area contributed by atoms with E-state index in [0.717, 1.165) is 11.0 Å². The summed E-state index contributed by atoms with van der Waals surface area (Å²) in [5.41, 5.74) is 1.86. The molecule has 0 radical (unpaired) electrons. The van der Waals surface area contributed by atoms with E-state index in [4.69, 9.17) is 0 Å². The third kappa shape index (κ3) is 3.71. The SMILES string of the molecule is CC(=O)c1ccc(N2C(=O)C3CC=C4C(c5cccc(F)c5O)C5=C(CC4C3C2=O)C(=O)C(Br)=CC5=O)cc1. The van der Waals surface area contributed by atoms with Gasteiger partial charge in [-0.3, -0.25) is 28.9 Å². The van der Waals surface area contributed by atoms with Crippen LogP contribution in [0.3, 0.4) is 0 Å². The molecule has 2 aromatic rings. The first-order valence-electron chi connectivity index (χ1n) is 12.5. The van der Waals surface area contributed by atoms with Gasteiger partial charge in [0.1, 0.15) is 0 Å². The quantitative estimate of drug-likeness (QED) is 0.240. The normalized spacial score (nSPS) is 26.2. The highest BCUT2D eigenvalue weighted by Crippen LogP contribution is 2.56. The predicted octanol–water partition coefficient (Wildman–Crippen LogP) is 4.70. The Kier molecular flexibility index (Phi) is 5.87. The molecular formula is C30H21BrFNO6. The van der Waals surface area contributed by atoms with Crippen molar-refractivity contribution in [1.82, 2.24) is 0 Å². The molecule has 4 unspecified atom stereocenters. The minimum absolute atomic E-state index is 0.0541. The highest BCUT2D eigenvalue weighted by Gasteiger charge is 2.57. The van der Waals surface area contributed by atoms with Gasteiger partial charge in [-0.05, 0) is 71.9 Å². The number of nitrogens with zero attached hydrogens (tertiary/aromatic N) is 1. The number of carbonyl (C=O) groups is 5. The summed E-state index contributed by atoms with van der Waals surface area (Å²) in [4.78, 5) is 66.7. The van der Waals surface area contributed by atoms with Crippen molar-refractivity contribution >= 4 is 50.8 Å². The number of benzene rings is 2. The Morgan fingerprint density at radius 3 is 2.44 bits per heavy atom. The van der Waals surface area contributed by atoms with Crippen LogP contribution in [0.4, 0.5) is 10.1 Å². The molecule has 0 aromatic heterocycles. The number of rotatable bonds is 3. The van der Waals surface area contributed by atoms with E-state index in [1.165, 1.54) is 25.1 Å². The fraction of sp³-hybridized carbons (Fsp3) is 0.233. The Bertz CT molecular complexity index is 1620. The molecule has 1 heterocycles. The van der Waals surface area contributed by atoms with E-state index >= 15 is 0 Å². The van der Waals surface area contributed by atoms with Crippen LogP contribution in [0.15, 0.2) is 75.8 Å². The molecule has 196 valence electrons. The van der Waals surface area contributed by atoms with Crippen molar-refractivity contribution in [2.24, 2.45) is 17.8 Å². The fourth-order valence-electron chi connectivity index (χ4n) is 6.43. The summed E-state index contributed by atoms with van der Waals surface area (Å²) in [6, 6.07) is 10.2. The summed E-state index contributed by atoms with van der Waals surface area (Å²) in [6.07, 6.45) is 3.23. The van der Waals surface area contributed by atoms with Gasteiger partial charge < -0.3 is 5.11 Å². The Hall–Kier alpha value is -3.98. The number of hydrogen-bond acceptors (Lipinski definition) is 6. The van der Waals surface area contributed by atoms with Crippen LogP contribution in [0.5, 0.6) is 5.75 Å². The van der Waals surface area contributed by atoms with Gasteiger partial charge in [0.2, 0.25) is 11.8 Å². The number of phenolic OH excluding ortho intramolecular Hbond substituents is 1. The zero-order valence-electron chi connectivity index (χ0n) is 20.6. The van der Waals surface area contributed by atoms with Gasteiger partial charge in [0.05, 0.1) is 22.0 Å². The van der Waals surface area contributed by atoms with Crippen molar-refractivity contribution in [2.45, 2.75) is 25.7 Å². The van der Waals surface area contributed by atoms with Crippen LogP contribution in [0, 0.1) is 23.6 Å². The van der Waals surface area contributed by atoms with Gasteiger partial charge >= 0.3 is 0 Å². The lowest BCUT2D eigenvalue weighted by Crippen LogP contribution is -2.39. The van der Waals surface area contributed by atoms with E-state index in [1.807, 2.05) is 0 Å². The number of fused-ring (bicyclic) bond motifs is 3. The topological polar surface area (TPSA) is 109 Å². The lowest BCUT2D eigenvalue weighted by molar-refractivity contribution is -0.123. The Balaban J connectivity index is 1.47. The van der Waals surface area contributed by atoms with Crippen LogP contribution >= 0.6 is 15.9 Å². The smallest absolute Gasteiger partial charge is 0.238 e. The molecule has 4 atom stereocenters. The Morgan fingerprint density at radius 2 is 1.74 bits per heavy atom. The third-order valence-electron chi connectivity index (χ3n) is 8.19.